The quantitative estimate of drug-likeness (QED) is 0.876. The smallest absolute Gasteiger partial charge is 0.241 e. The van der Waals surface area contributed by atoms with Crippen molar-refractivity contribution in [3.8, 4) is 5.75 Å². The van der Waals surface area contributed by atoms with Crippen molar-refractivity contribution in [2.45, 2.75) is 13.5 Å². The van der Waals surface area contributed by atoms with Gasteiger partial charge in [0.15, 0.2) is 0 Å². The third-order valence-corrected chi connectivity index (χ3v) is 4.05. The number of anilines is 1. The Bertz CT molecular complexity index is 688. The number of amides is 1. The molecule has 5 heteroatoms. The van der Waals surface area contributed by atoms with Gasteiger partial charge in [-0.1, -0.05) is 35.9 Å². The molecule has 0 bridgehead atoms. The summed E-state index contributed by atoms with van der Waals surface area (Å²) < 4.78 is 5.31. The van der Waals surface area contributed by atoms with Gasteiger partial charge in [0.2, 0.25) is 5.91 Å². The lowest BCUT2D eigenvalue weighted by molar-refractivity contribution is -0.128. The van der Waals surface area contributed by atoms with Crippen LogP contribution in [0.4, 0.5) is 5.69 Å². The van der Waals surface area contributed by atoms with E-state index in [9.17, 15) is 4.79 Å². The molecule has 2 aromatic carbocycles. The number of hydrogen-bond donors (Lipinski definition) is 1. The molecule has 0 atom stereocenters. The zero-order valence-electron chi connectivity index (χ0n) is 13.6. The van der Waals surface area contributed by atoms with Crippen LogP contribution >= 0.6 is 11.6 Å². The first kappa shape index (κ1) is 17.2. The highest BCUT2D eigenvalue weighted by Gasteiger charge is 2.11. The van der Waals surface area contributed by atoms with Crippen LogP contribution < -0.4 is 10.1 Å². The van der Waals surface area contributed by atoms with Crippen LogP contribution in [0.2, 0.25) is 5.02 Å². The second-order valence-corrected chi connectivity index (χ2v) is 5.79. The van der Waals surface area contributed by atoms with E-state index in [2.05, 4.69) is 5.32 Å². The second kappa shape index (κ2) is 7.88. The molecule has 0 aliphatic rings. The Labute approximate surface area is 142 Å². The minimum atomic E-state index is -0.00685. The summed E-state index contributed by atoms with van der Waals surface area (Å²) in [5.41, 5.74) is 2.82. The molecule has 0 saturated carbocycles. The van der Waals surface area contributed by atoms with Crippen LogP contribution in [0.1, 0.15) is 11.1 Å². The first-order valence-electron chi connectivity index (χ1n) is 7.37. The Morgan fingerprint density at radius 3 is 2.70 bits per heavy atom. The maximum atomic E-state index is 12.3. The van der Waals surface area contributed by atoms with Gasteiger partial charge in [-0.2, -0.15) is 0 Å². The number of likely N-dealkylation sites (N-methyl/N-ethyl adjacent to an activating group) is 1. The molecule has 0 aromatic heterocycles. The van der Waals surface area contributed by atoms with Gasteiger partial charge in [0.05, 0.1) is 13.7 Å². The van der Waals surface area contributed by atoms with Crippen molar-refractivity contribution in [2.75, 3.05) is 26.0 Å². The fourth-order valence-corrected chi connectivity index (χ4v) is 2.37. The average molecular weight is 333 g/mol. The van der Waals surface area contributed by atoms with E-state index in [1.807, 2.05) is 49.4 Å². The number of hydrogen-bond acceptors (Lipinski definition) is 3. The number of nitrogens with one attached hydrogen (secondary N) is 1. The predicted octanol–water partition coefficient (Wildman–Crippen LogP) is 3.73. The van der Waals surface area contributed by atoms with Crippen LogP contribution in [0.3, 0.4) is 0 Å². The van der Waals surface area contributed by atoms with Gasteiger partial charge in [0, 0.05) is 29.9 Å². The number of aryl methyl sites for hydroxylation is 1. The molecule has 0 saturated heterocycles. The van der Waals surface area contributed by atoms with Crippen molar-refractivity contribution in [2.24, 2.45) is 0 Å². The third kappa shape index (κ3) is 4.63. The summed E-state index contributed by atoms with van der Waals surface area (Å²) in [5.74, 6) is 0.776. The van der Waals surface area contributed by atoms with Crippen molar-refractivity contribution < 1.29 is 9.53 Å². The van der Waals surface area contributed by atoms with Crippen molar-refractivity contribution in [3.63, 3.8) is 0 Å². The van der Waals surface area contributed by atoms with E-state index in [0.717, 1.165) is 22.6 Å². The number of halogens is 1. The van der Waals surface area contributed by atoms with Gasteiger partial charge < -0.3 is 15.0 Å². The molecular weight excluding hydrogens is 312 g/mol. The van der Waals surface area contributed by atoms with Gasteiger partial charge in [-0.15, -0.1) is 0 Å². The molecule has 4 nitrogen and oxygen atoms in total. The van der Waals surface area contributed by atoms with Crippen LogP contribution in [0, 0.1) is 6.92 Å². The van der Waals surface area contributed by atoms with Crippen LogP contribution in [0.15, 0.2) is 42.5 Å². The van der Waals surface area contributed by atoms with E-state index in [0.29, 0.717) is 11.6 Å². The molecule has 1 N–H and O–H groups in total. The van der Waals surface area contributed by atoms with E-state index >= 15 is 0 Å². The van der Waals surface area contributed by atoms with E-state index in [-0.39, 0.29) is 12.5 Å². The molecule has 0 fully saturated rings. The monoisotopic (exact) mass is 332 g/mol. The minimum Gasteiger partial charge on any atom is -0.496 e. The van der Waals surface area contributed by atoms with Gasteiger partial charge in [0.1, 0.15) is 5.75 Å². The number of benzene rings is 2. The average Bonchev–Trinajstić information content (AvgIpc) is 2.56. The SMILES string of the molecule is COc1ccccc1CN(C)C(=O)CNc1ccc(C)c(Cl)c1. The minimum absolute atomic E-state index is 0.00685. The summed E-state index contributed by atoms with van der Waals surface area (Å²) >= 11 is 6.08. The third-order valence-electron chi connectivity index (χ3n) is 3.64. The number of para-hydroxylation sites is 1. The summed E-state index contributed by atoms with van der Waals surface area (Å²) in [4.78, 5) is 13.9. The molecule has 122 valence electrons. The highest BCUT2D eigenvalue weighted by Crippen LogP contribution is 2.20. The van der Waals surface area contributed by atoms with Crippen molar-refractivity contribution in [1.29, 1.82) is 0 Å². The second-order valence-electron chi connectivity index (χ2n) is 5.38. The molecule has 23 heavy (non-hydrogen) atoms. The van der Waals surface area contributed by atoms with Gasteiger partial charge in [-0.25, -0.2) is 0 Å². The van der Waals surface area contributed by atoms with E-state index in [1.165, 1.54) is 0 Å². The first-order chi connectivity index (χ1) is 11.0. The largest absolute Gasteiger partial charge is 0.496 e. The van der Waals surface area contributed by atoms with Crippen molar-refractivity contribution in [1.82, 2.24) is 4.90 Å². The molecule has 0 unspecified atom stereocenters. The van der Waals surface area contributed by atoms with Gasteiger partial charge >= 0.3 is 0 Å². The summed E-state index contributed by atoms with van der Waals surface area (Å²) in [6.45, 7) is 2.66. The Morgan fingerprint density at radius 1 is 1.26 bits per heavy atom. The fraction of sp³-hybridized carbons (Fsp3) is 0.278. The fourth-order valence-electron chi connectivity index (χ4n) is 2.19. The maximum absolute atomic E-state index is 12.3. The number of methoxy groups -OCH3 is 1. The van der Waals surface area contributed by atoms with E-state index < -0.39 is 0 Å². The van der Waals surface area contributed by atoms with Crippen LogP contribution in [-0.2, 0) is 11.3 Å². The van der Waals surface area contributed by atoms with Crippen LogP contribution in [0.5, 0.6) is 5.75 Å². The standard InChI is InChI=1S/C18H21ClN2O2/c1-13-8-9-15(10-16(13)19)20-11-18(22)21(2)12-14-6-4-5-7-17(14)23-3/h4-10,20H,11-12H2,1-3H3. The lowest BCUT2D eigenvalue weighted by Gasteiger charge is -2.19. The molecule has 0 radical (unpaired) electrons. The lowest BCUT2D eigenvalue weighted by Crippen LogP contribution is -2.31. The summed E-state index contributed by atoms with van der Waals surface area (Å²) in [6, 6.07) is 13.3. The first-order valence-corrected chi connectivity index (χ1v) is 7.75. The Kier molecular flexibility index (Phi) is 5.88. The molecule has 1 amide bonds. The van der Waals surface area contributed by atoms with Gasteiger partial charge in [-0.05, 0) is 30.7 Å². The summed E-state index contributed by atoms with van der Waals surface area (Å²) in [6.07, 6.45) is 0. The zero-order valence-corrected chi connectivity index (χ0v) is 14.4. The highest BCUT2D eigenvalue weighted by molar-refractivity contribution is 6.31. The van der Waals surface area contributed by atoms with Crippen LogP contribution in [0.25, 0.3) is 0 Å². The van der Waals surface area contributed by atoms with Crippen molar-refractivity contribution in [3.05, 3.63) is 58.6 Å². The molecule has 0 spiro atoms. The normalized spacial score (nSPS) is 10.3. The molecule has 2 aromatic rings. The molecular formula is C18H21ClN2O2. The topological polar surface area (TPSA) is 41.6 Å². The Hall–Kier alpha value is -2.20. The zero-order chi connectivity index (χ0) is 16.8. The van der Waals surface area contributed by atoms with Gasteiger partial charge in [-0.3, -0.25) is 4.79 Å². The van der Waals surface area contributed by atoms with Gasteiger partial charge in [0.25, 0.3) is 0 Å². The Balaban J connectivity index is 1.93. The highest BCUT2D eigenvalue weighted by atomic mass is 35.5. The Morgan fingerprint density at radius 2 is 2.00 bits per heavy atom. The van der Waals surface area contributed by atoms with Crippen molar-refractivity contribution >= 4 is 23.2 Å². The lowest BCUT2D eigenvalue weighted by atomic mass is 10.2. The number of ether oxygens (including phenoxy) is 1. The molecule has 0 aliphatic carbocycles. The number of carbonyl (C=O) groups is 1. The maximum Gasteiger partial charge on any atom is 0.241 e. The van der Waals surface area contributed by atoms with E-state index in [1.54, 1.807) is 19.1 Å². The predicted molar refractivity (Wildman–Crippen MR) is 94.1 cm³/mol. The molecule has 0 aliphatic heterocycles. The summed E-state index contributed by atoms with van der Waals surface area (Å²) in [5, 5.41) is 3.79. The molecule has 2 rings (SSSR count). The number of carbonyl (C=O) groups excluding carboxylic acids is 1. The number of nitrogens with zero attached hydrogens (tertiary/aromatic N) is 1. The summed E-state index contributed by atoms with van der Waals surface area (Å²) in [7, 11) is 3.40. The van der Waals surface area contributed by atoms with E-state index in [4.69, 9.17) is 16.3 Å². The number of rotatable bonds is 6. The van der Waals surface area contributed by atoms with Crippen LogP contribution in [-0.4, -0.2) is 31.5 Å². The molecule has 0 heterocycles.